The monoisotopic (exact) mass is 276 g/mol. The second kappa shape index (κ2) is 5.00. The Bertz CT molecular complexity index is 791. The molecule has 0 amide bonds. The molecule has 0 spiro atoms. The van der Waals surface area contributed by atoms with E-state index in [9.17, 15) is 19.7 Å². The lowest BCUT2D eigenvalue weighted by Gasteiger charge is -2.08. The zero-order valence-corrected chi connectivity index (χ0v) is 10.6. The fraction of sp³-hybridized carbons (Fsp3) is 0.167. The summed E-state index contributed by atoms with van der Waals surface area (Å²) in [5, 5.41) is 10.8. The Hall–Kier alpha value is -2.90. The predicted molar refractivity (Wildman–Crippen MR) is 72.7 cm³/mol. The van der Waals surface area contributed by atoms with Crippen LogP contribution in [0.2, 0.25) is 0 Å². The minimum Gasteiger partial charge on any atom is -0.393 e. The molecule has 0 fully saturated rings. The van der Waals surface area contributed by atoms with Crippen molar-refractivity contribution in [3.63, 3.8) is 0 Å². The number of nitro benzene ring substituents is 1. The van der Waals surface area contributed by atoms with Gasteiger partial charge in [0.1, 0.15) is 5.69 Å². The van der Waals surface area contributed by atoms with Gasteiger partial charge in [-0.05, 0) is 6.92 Å². The smallest absolute Gasteiger partial charge is 0.328 e. The van der Waals surface area contributed by atoms with E-state index in [1.54, 1.807) is 13.0 Å². The Morgan fingerprint density at radius 2 is 2.10 bits per heavy atom. The number of para-hydroxylation sites is 1. The molecular weight excluding hydrogens is 264 g/mol. The number of hydrogen-bond acceptors (Lipinski definition) is 5. The van der Waals surface area contributed by atoms with Crippen molar-refractivity contribution in [3.8, 4) is 0 Å². The fourth-order valence-electron chi connectivity index (χ4n) is 1.82. The van der Waals surface area contributed by atoms with Gasteiger partial charge in [0.15, 0.2) is 0 Å². The van der Waals surface area contributed by atoms with Gasteiger partial charge in [-0.1, -0.05) is 12.1 Å². The molecule has 1 aromatic heterocycles. The van der Waals surface area contributed by atoms with Crippen LogP contribution in [-0.4, -0.2) is 14.5 Å². The van der Waals surface area contributed by atoms with Crippen molar-refractivity contribution >= 4 is 11.4 Å². The molecule has 1 heterocycles. The standard InChI is InChI=1S/C12H12N4O4/c1-7-5-15(12(18)14-11(7)17)6-8-3-2-4-9(10(8)13)16(19)20/h2-5H,6,13H2,1H3,(H,14,17,18). The lowest BCUT2D eigenvalue weighted by molar-refractivity contribution is -0.383. The maximum absolute atomic E-state index is 11.7. The number of nitrogens with one attached hydrogen (secondary N) is 1. The van der Waals surface area contributed by atoms with Crippen molar-refractivity contribution in [1.29, 1.82) is 0 Å². The third-order valence-corrected chi connectivity index (χ3v) is 2.90. The number of aromatic nitrogens is 2. The number of aryl methyl sites for hydroxylation is 1. The van der Waals surface area contributed by atoms with Crippen molar-refractivity contribution in [2.75, 3.05) is 5.73 Å². The van der Waals surface area contributed by atoms with E-state index in [1.807, 2.05) is 0 Å². The first-order chi connectivity index (χ1) is 9.40. The number of aromatic amines is 1. The number of nitrogens with zero attached hydrogens (tertiary/aromatic N) is 2. The van der Waals surface area contributed by atoms with Gasteiger partial charge in [0.25, 0.3) is 11.2 Å². The van der Waals surface area contributed by atoms with Gasteiger partial charge in [-0.3, -0.25) is 24.5 Å². The highest BCUT2D eigenvalue weighted by molar-refractivity contribution is 5.63. The summed E-state index contributed by atoms with van der Waals surface area (Å²) in [5.41, 5.74) is 5.27. The van der Waals surface area contributed by atoms with E-state index in [4.69, 9.17) is 5.73 Å². The Kier molecular flexibility index (Phi) is 3.38. The maximum atomic E-state index is 11.7. The highest BCUT2D eigenvalue weighted by Crippen LogP contribution is 2.25. The summed E-state index contributed by atoms with van der Waals surface area (Å²) in [6.45, 7) is 1.61. The number of anilines is 1. The largest absolute Gasteiger partial charge is 0.393 e. The molecule has 0 atom stereocenters. The van der Waals surface area contributed by atoms with Crippen LogP contribution in [0.3, 0.4) is 0 Å². The van der Waals surface area contributed by atoms with Gasteiger partial charge in [-0.15, -0.1) is 0 Å². The quantitative estimate of drug-likeness (QED) is 0.476. The zero-order valence-electron chi connectivity index (χ0n) is 10.6. The molecule has 2 aromatic rings. The molecule has 0 radical (unpaired) electrons. The Morgan fingerprint density at radius 3 is 2.75 bits per heavy atom. The number of nitrogens with two attached hydrogens (primary N) is 1. The molecular formula is C12H12N4O4. The summed E-state index contributed by atoms with van der Waals surface area (Å²) < 4.78 is 1.24. The SMILES string of the molecule is Cc1cn(Cc2cccc([N+](=O)[O-])c2N)c(=O)[nH]c1=O. The summed E-state index contributed by atoms with van der Waals surface area (Å²) in [5.74, 6) is 0. The molecule has 0 saturated carbocycles. The van der Waals surface area contributed by atoms with E-state index in [-0.39, 0.29) is 17.9 Å². The lowest BCUT2D eigenvalue weighted by atomic mass is 10.1. The minimum absolute atomic E-state index is 0.00764. The topological polar surface area (TPSA) is 124 Å². The highest BCUT2D eigenvalue weighted by Gasteiger charge is 2.14. The van der Waals surface area contributed by atoms with Crippen LogP contribution < -0.4 is 17.0 Å². The predicted octanol–water partition coefficient (Wildman–Crippen LogP) is 0.384. The number of rotatable bonds is 3. The van der Waals surface area contributed by atoms with E-state index in [0.717, 1.165) is 0 Å². The van der Waals surface area contributed by atoms with Gasteiger partial charge in [0.2, 0.25) is 0 Å². The van der Waals surface area contributed by atoms with Gasteiger partial charge in [-0.25, -0.2) is 4.79 Å². The first kappa shape index (κ1) is 13.5. The number of benzene rings is 1. The molecule has 0 saturated heterocycles. The summed E-state index contributed by atoms with van der Waals surface area (Å²) in [4.78, 5) is 35.3. The van der Waals surface area contributed by atoms with Gasteiger partial charge < -0.3 is 5.73 Å². The zero-order chi connectivity index (χ0) is 14.9. The van der Waals surface area contributed by atoms with E-state index in [1.165, 1.54) is 22.9 Å². The average Bonchev–Trinajstić information content (AvgIpc) is 2.37. The van der Waals surface area contributed by atoms with Crippen molar-refractivity contribution in [2.24, 2.45) is 0 Å². The fourth-order valence-corrected chi connectivity index (χ4v) is 1.82. The number of nitrogen functional groups attached to an aromatic ring is 1. The van der Waals surface area contributed by atoms with E-state index < -0.39 is 16.2 Å². The number of hydrogen-bond donors (Lipinski definition) is 2. The average molecular weight is 276 g/mol. The first-order valence-electron chi connectivity index (χ1n) is 5.72. The molecule has 2 rings (SSSR count). The van der Waals surface area contributed by atoms with Crippen LogP contribution >= 0.6 is 0 Å². The van der Waals surface area contributed by atoms with Gasteiger partial charge >= 0.3 is 5.69 Å². The number of H-pyrrole nitrogens is 1. The Balaban J connectivity index is 2.48. The van der Waals surface area contributed by atoms with Gasteiger partial charge in [-0.2, -0.15) is 0 Å². The van der Waals surface area contributed by atoms with E-state index in [0.29, 0.717) is 11.1 Å². The van der Waals surface area contributed by atoms with E-state index >= 15 is 0 Å². The van der Waals surface area contributed by atoms with Gasteiger partial charge in [0, 0.05) is 23.4 Å². The van der Waals surface area contributed by atoms with Crippen LogP contribution in [0.25, 0.3) is 0 Å². The normalized spacial score (nSPS) is 10.4. The van der Waals surface area contributed by atoms with Crippen LogP contribution in [0.1, 0.15) is 11.1 Å². The minimum atomic E-state index is -0.591. The molecule has 1 aromatic carbocycles. The Morgan fingerprint density at radius 1 is 1.40 bits per heavy atom. The summed E-state index contributed by atoms with van der Waals surface area (Å²) in [6, 6.07) is 4.38. The molecule has 8 heteroatoms. The molecule has 0 bridgehead atoms. The number of nitro groups is 1. The molecule has 104 valence electrons. The molecule has 0 aliphatic heterocycles. The molecule has 3 N–H and O–H groups in total. The second-order valence-electron chi connectivity index (χ2n) is 4.31. The van der Waals surface area contributed by atoms with E-state index in [2.05, 4.69) is 4.98 Å². The second-order valence-corrected chi connectivity index (χ2v) is 4.31. The summed E-state index contributed by atoms with van der Waals surface area (Å²) >= 11 is 0. The highest BCUT2D eigenvalue weighted by atomic mass is 16.6. The van der Waals surface area contributed by atoms with Crippen molar-refractivity contribution in [2.45, 2.75) is 13.5 Å². The van der Waals surface area contributed by atoms with Crippen LogP contribution in [0.15, 0.2) is 34.0 Å². The van der Waals surface area contributed by atoms with Crippen LogP contribution in [0.4, 0.5) is 11.4 Å². The molecule has 0 aliphatic rings. The van der Waals surface area contributed by atoms with Gasteiger partial charge in [0.05, 0.1) is 11.5 Å². The summed E-state index contributed by atoms with van der Waals surface area (Å²) in [6.07, 6.45) is 1.39. The third-order valence-electron chi connectivity index (χ3n) is 2.90. The van der Waals surface area contributed by atoms with Crippen molar-refractivity contribution in [1.82, 2.24) is 9.55 Å². The lowest BCUT2D eigenvalue weighted by Crippen LogP contribution is -2.31. The van der Waals surface area contributed by atoms with Crippen LogP contribution in [-0.2, 0) is 6.54 Å². The molecule has 0 unspecified atom stereocenters. The Labute approximate surface area is 112 Å². The van der Waals surface area contributed by atoms with Crippen molar-refractivity contribution < 1.29 is 4.92 Å². The van der Waals surface area contributed by atoms with Crippen LogP contribution in [0, 0.1) is 17.0 Å². The first-order valence-corrected chi connectivity index (χ1v) is 5.72. The van der Waals surface area contributed by atoms with Crippen molar-refractivity contribution in [3.05, 3.63) is 66.5 Å². The summed E-state index contributed by atoms with van der Waals surface area (Å²) in [7, 11) is 0. The third kappa shape index (κ3) is 2.44. The molecule has 20 heavy (non-hydrogen) atoms. The van der Waals surface area contributed by atoms with Crippen LogP contribution in [0.5, 0.6) is 0 Å². The molecule has 8 nitrogen and oxygen atoms in total. The maximum Gasteiger partial charge on any atom is 0.328 e. The molecule has 0 aliphatic carbocycles.